The summed E-state index contributed by atoms with van der Waals surface area (Å²) in [6.07, 6.45) is 0.834. The molecule has 2 heterocycles. The number of ether oxygens (including phenoxy) is 2. The van der Waals surface area contributed by atoms with Gasteiger partial charge in [-0.15, -0.1) is 0 Å². The maximum atomic E-state index is 12.5. The van der Waals surface area contributed by atoms with E-state index in [1.807, 2.05) is 13.0 Å². The monoisotopic (exact) mass is 305 g/mol. The van der Waals surface area contributed by atoms with E-state index in [0.717, 1.165) is 12.0 Å². The van der Waals surface area contributed by atoms with Crippen LogP contribution in [0.15, 0.2) is 18.2 Å². The fourth-order valence-electron chi connectivity index (χ4n) is 3.44. The minimum Gasteiger partial charge on any atom is -0.497 e. The Kier molecular flexibility index (Phi) is 3.78. The van der Waals surface area contributed by atoms with Gasteiger partial charge in [0.05, 0.1) is 31.2 Å². The highest BCUT2D eigenvalue weighted by Crippen LogP contribution is 2.44. The first-order valence-electron chi connectivity index (χ1n) is 7.35. The molecule has 2 fully saturated rings. The van der Waals surface area contributed by atoms with Crippen LogP contribution in [0, 0.1) is 18.8 Å². The smallest absolute Gasteiger partial charge is 0.310 e. The number of anilines is 1. The number of carbonyl (C=O) groups is 2. The molecule has 1 aromatic rings. The first kappa shape index (κ1) is 14.8. The number of nitrogens with one attached hydrogen (secondary N) is 1. The third-order valence-corrected chi connectivity index (χ3v) is 4.55. The lowest BCUT2D eigenvalue weighted by Gasteiger charge is -2.24. The lowest BCUT2D eigenvalue weighted by atomic mass is 9.78. The molecule has 2 bridgehead atoms. The van der Waals surface area contributed by atoms with Gasteiger partial charge in [0.15, 0.2) is 0 Å². The molecule has 2 aliphatic heterocycles. The van der Waals surface area contributed by atoms with Crippen molar-refractivity contribution in [2.45, 2.75) is 32.0 Å². The van der Waals surface area contributed by atoms with Crippen LogP contribution in [0.3, 0.4) is 0 Å². The summed E-state index contributed by atoms with van der Waals surface area (Å²) in [6.45, 7) is 1.87. The average molecular weight is 305 g/mol. The number of hydrogen-bond donors (Lipinski definition) is 2. The van der Waals surface area contributed by atoms with E-state index in [1.54, 1.807) is 19.2 Å². The van der Waals surface area contributed by atoms with Crippen LogP contribution in [-0.2, 0) is 14.3 Å². The number of hydrogen-bond acceptors (Lipinski definition) is 4. The molecule has 118 valence electrons. The van der Waals surface area contributed by atoms with Gasteiger partial charge >= 0.3 is 5.97 Å². The molecule has 0 spiro atoms. The average Bonchev–Trinajstić information content (AvgIpc) is 3.09. The second kappa shape index (κ2) is 5.61. The zero-order valence-electron chi connectivity index (χ0n) is 12.5. The van der Waals surface area contributed by atoms with Gasteiger partial charge in [-0.25, -0.2) is 0 Å². The van der Waals surface area contributed by atoms with Gasteiger partial charge in [0.2, 0.25) is 5.91 Å². The van der Waals surface area contributed by atoms with Crippen LogP contribution < -0.4 is 10.1 Å². The normalized spacial score (nSPS) is 29.4. The van der Waals surface area contributed by atoms with Crippen molar-refractivity contribution in [2.75, 3.05) is 12.4 Å². The fourth-order valence-corrected chi connectivity index (χ4v) is 3.44. The van der Waals surface area contributed by atoms with Crippen molar-refractivity contribution in [3.8, 4) is 5.75 Å². The number of benzene rings is 1. The van der Waals surface area contributed by atoms with Crippen molar-refractivity contribution in [1.29, 1.82) is 0 Å². The third kappa shape index (κ3) is 2.43. The Bertz CT molecular complexity index is 615. The number of carboxylic acids is 1. The van der Waals surface area contributed by atoms with Crippen molar-refractivity contribution in [3.05, 3.63) is 23.8 Å². The van der Waals surface area contributed by atoms with Gasteiger partial charge < -0.3 is 19.9 Å². The highest BCUT2D eigenvalue weighted by atomic mass is 16.5. The van der Waals surface area contributed by atoms with Gasteiger partial charge in [-0.2, -0.15) is 0 Å². The van der Waals surface area contributed by atoms with Crippen LogP contribution in [0.2, 0.25) is 0 Å². The predicted octanol–water partition coefficient (Wildman–Crippen LogP) is 1.82. The minimum absolute atomic E-state index is 0.284. The van der Waals surface area contributed by atoms with Crippen molar-refractivity contribution in [1.82, 2.24) is 0 Å². The summed E-state index contributed by atoms with van der Waals surface area (Å²) in [7, 11) is 1.58. The highest BCUT2D eigenvalue weighted by molar-refractivity contribution is 5.96. The molecular formula is C16H19NO5. The first-order valence-corrected chi connectivity index (χ1v) is 7.35. The highest BCUT2D eigenvalue weighted by Gasteiger charge is 2.55. The number of amides is 1. The molecule has 2 aliphatic rings. The molecule has 1 amide bonds. The lowest BCUT2D eigenvalue weighted by molar-refractivity contribution is -0.147. The molecule has 22 heavy (non-hydrogen) atoms. The molecule has 0 radical (unpaired) electrons. The Labute approximate surface area is 128 Å². The molecule has 1 aromatic carbocycles. The summed E-state index contributed by atoms with van der Waals surface area (Å²) in [5, 5.41) is 12.2. The Morgan fingerprint density at radius 2 is 1.95 bits per heavy atom. The number of methoxy groups -OCH3 is 1. The quantitative estimate of drug-likeness (QED) is 0.886. The Morgan fingerprint density at radius 1 is 1.27 bits per heavy atom. The van der Waals surface area contributed by atoms with Crippen LogP contribution in [0.4, 0.5) is 5.69 Å². The number of carboxylic acid groups (broad SMARTS) is 1. The van der Waals surface area contributed by atoms with Crippen LogP contribution in [-0.4, -0.2) is 36.3 Å². The van der Waals surface area contributed by atoms with E-state index in [4.69, 9.17) is 9.47 Å². The van der Waals surface area contributed by atoms with E-state index < -0.39 is 17.8 Å². The molecule has 2 N–H and O–H groups in total. The van der Waals surface area contributed by atoms with Gasteiger partial charge in [-0.3, -0.25) is 9.59 Å². The van der Waals surface area contributed by atoms with Gasteiger partial charge in [0.25, 0.3) is 0 Å². The standard InChI is InChI=1S/C16H19NO5/c1-8-7-9(21-2)3-4-10(8)17-15(18)13-11-5-6-12(22-11)14(13)16(19)20/h3-4,7,11-14H,5-6H2,1-2H3,(H,17,18)(H,19,20)/t11-,12+,13-,14+/m1/s1. The molecule has 4 atom stereocenters. The molecule has 3 rings (SSSR count). The zero-order chi connectivity index (χ0) is 15.9. The van der Waals surface area contributed by atoms with Gasteiger partial charge in [-0.1, -0.05) is 0 Å². The first-order chi connectivity index (χ1) is 10.5. The molecule has 2 saturated heterocycles. The van der Waals surface area contributed by atoms with Crippen LogP contribution in [0.25, 0.3) is 0 Å². The molecule has 0 saturated carbocycles. The second-order valence-corrected chi connectivity index (χ2v) is 5.85. The maximum absolute atomic E-state index is 12.5. The zero-order valence-corrected chi connectivity index (χ0v) is 12.5. The van der Waals surface area contributed by atoms with Crippen LogP contribution in [0.1, 0.15) is 18.4 Å². The topological polar surface area (TPSA) is 84.9 Å². The number of aliphatic carboxylic acids is 1. The lowest BCUT2D eigenvalue weighted by Crippen LogP contribution is -2.41. The summed E-state index contributed by atoms with van der Waals surface area (Å²) in [5.41, 5.74) is 1.53. The van der Waals surface area contributed by atoms with Crippen molar-refractivity contribution < 1.29 is 24.2 Å². The van der Waals surface area contributed by atoms with Crippen LogP contribution in [0.5, 0.6) is 5.75 Å². The summed E-state index contributed by atoms with van der Waals surface area (Å²) in [5.74, 6) is -1.91. The number of rotatable bonds is 4. The summed E-state index contributed by atoms with van der Waals surface area (Å²) in [6, 6.07) is 5.34. The van der Waals surface area contributed by atoms with E-state index in [1.165, 1.54) is 0 Å². The van der Waals surface area contributed by atoms with E-state index in [0.29, 0.717) is 17.9 Å². The number of fused-ring (bicyclic) bond motifs is 2. The SMILES string of the molecule is COc1ccc(NC(=O)[C@H]2[C@@H](C(=O)O)[C@@H]3CC[C@H]2O3)c(C)c1. The molecular weight excluding hydrogens is 286 g/mol. The Hall–Kier alpha value is -2.08. The van der Waals surface area contributed by atoms with Crippen molar-refractivity contribution in [2.24, 2.45) is 11.8 Å². The van der Waals surface area contributed by atoms with E-state index in [-0.39, 0.29) is 18.1 Å². The Balaban J connectivity index is 1.78. The second-order valence-electron chi connectivity index (χ2n) is 5.85. The predicted molar refractivity (Wildman–Crippen MR) is 78.9 cm³/mol. The largest absolute Gasteiger partial charge is 0.497 e. The van der Waals surface area contributed by atoms with E-state index in [2.05, 4.69) is 5.32 Å². The van der Waals surface area contributed by atoms with E-state index >= 15 is 0 Å². The van der Waals surface area contributed by atoms with Crippen molar-refractivity contribution >= 4 is 17.6 Å². The molecule has 6 nitrogen and oxygen atoms in total. The fraction of sp³-hybridized carbons (Fsp3) is 0.500. The molecule has 0 unspecified atom stereocenters. The van der Waals surface area contributed by atoms with Crippen LogP contribution >= 0.6 is 0 Å². The molecule has 0 aromatic heterocycles. The van der Waals surface area contributed by atoms with Gasteiger partial charge in [0.1, 0.15) is 5.75 Å². The van der Waals surface area contributed by atoms with Crippen molar-refractivity contribution in [3.63, 3.8) is 0 Å². The van der Waals surface area contributed by atoms with E-state index in [9.17, 15) is 14.7 Å². The number of carbonyl (C=O) groups excluding carboxylic acids is 1. The summed E-state index contributed by atoms with van der Waals surface area (Å²) < 4.78 is 10.8. The Morgan fingerprint density at radius 3 is 2.55 bits per heavy atom. The minimum atomic E-state index is -0.959. The molecule has 6 heteroatoms. The molecule has 0 aliphatic carbocycles. The van der Waals surface area contributed by atoms with Gasteiger partial charge in [-0.05, 0) is 43.5 Å². The maximum Gasteiger partial charge on any atom is 0.310 e. The third-order valence-electron chi connectivity index (χ3n) is 4.55. The number of aryl methyl sites for hydroxylation is 1. The van der Waals surface area contributed by atoms with Gasteiger partial charge in [0, 0.05) is 5.69 Å². The summed E-state index contributed by atoms with van der Waals surface area (Å²) in [4.78, 5) is 24.0. The summed E-state index contributed by atoms with van der Waals surface area (Å²) >= 11 is 0.